The molecule has 7 rings (SSSR count). The van der Waals surface area contributed by atoms with Gasteiger partial charge in [-0.05, 0) is 147 Å². The number of esters is 3. The van der Waals surface area contributed by atoms with E-state index in [1.807, 2.05) is 26.0 Å². The molecule has 2 aliphatic carbocycles. The Kier molecular flexibility index (Phi) is 12.0. The van der Waals surface area contributed by atoms with Crippen molar-refractivity contribution in [1.29, 1.82) is 0 Å². The van der Waals surface area contributed by atoms with Crippen LogP contribution in [-0.4, -0.2) is 40.8 Å². The SMILES string of the molecule is CCOC(=O)C1(OC(=O)Cc2c(Cl)ccc(-c3ccc(F)cc3)c2C)CCCC1.Cc1c(-c2ccc(F)cc2)ccc(Cl)c1C1=C(O)C2(CCCC2)OC1=O. The molecule has 3 aliphatic rings. The van der Waals surface area contributed by atoms with E-state index in [0.717, 1.165) is 59.1 Å². The topological polar surface area (TPSA) is 99.1 Å². The van der Waals surface area contributed by atoms with Gasteiger partial charge in [0.2, 0.25) is 5.60 Å². The molecule has 4 aromatic carbocycles. The molecule has 0 atom stereocenters. The van der Waals surface area contributed by atoms with Crippen LogP contribution in [0, 0.1) is 25.5 Å². The average molecular weight is 792 g/mol. The monoisotopic (exact) mass is 790 g/mol. The number of benzene rings is 4. The first-order chi connectivity index (χ1) is 26.3. The number of hydrogen-bond donors (Lipinski definition) is 1. The summed E-state index contributed by atoms with van der Waals surface area (Å²) >= 11 is 12.8. The molecule has 288 valence electrons. The number of hydrogen-bond acceptors (Lipinski definition) is 7. The minimum absolute atomic E-state index is 0.0127. The maximum Gasteiger partial charge on any atom is 0.350 e. The Bertz CT molecular complexity index is 2130. The number of carbonyl (C=O) groups excluding carboxylic acids is 3. The van der Waals surface area contributed by atoms with Crippen LogP contribution in [0.25, 0.3) is 27.8 Å². The lowest BCUT2D eigenvalue weighted by Crippen LogP contribution is -2.42. The number of halogens is 4. The van der Waals surface area contributed by atoms with E-state index >= 15 is 0 Å². The molecular formula is C44H42Cl2F2O7. The Labute approximate surface area is 329 Å². The van der Waals surface area contributed by atoms with Crippen molar-refractivity contribution in [3.05, 3.63) is 122 Å². The van der Waals surface area contributed by atoms with Crippen molar-refractivity contribution in [3.63, 3.8) is 0 Å². The highest BCUT2D eigenvalue weighted by atomic mass is 35.5. The summed E-state index contributed by atoms with van der Waals surface area (Å²) in [5.74, 6) is -2.17. The van der Waals surface area contributed by atoms with Gasteiger partial charge in [-0.25, -0.2) is 18.4 Å². The number of aliphatic hydroxyl groups excluding tert-OH is 1. The molecule has 0 bridgehead atoms. The van der Waals surface area contributed by atoms with E-state index in [9.17, 15) is 28.3 Å². The van der Waals surface area contributed by atoms with Crippen LogP contribution in [0.5, 0.6) is 0 Å². The van der Waals surface area contributed by atoms with Crippen molar-refractivity contribution in [1.82, 2.24) is 0 Å². The number of aliphatic hydroxyl groups is 1. The van der Waals surface area contributed by atoms with Gasteiger partial charge in [-0.15, -0.1) is 0 Å². The van der Waals surface area contributed by atoms with Gasteiger partial charge in [0.05, 0.1) is 13.0 Å². The summed E-state index contributed by atoms with van der Waals surface area (Å²) in [6.45, 7) is 5.67. The fourth-order valence-corrected chi connectivity index (χ4v) is 8.44. The molecule has 11 heteroatoms. The zero-order valence-corrected chi connectivity index (χ0v) is 32.4. The molecule has 7 nitrogen and oxygen atoms in total. The first kappa shape index (κ1) is 39.9. The highest BCUT2D eigenvalue weighted by Gasteiger charge is 2.51. The van der Waals surface area contributed by atoms with Crippen LogP contribution >= 0.6 is 23.2 Å². The quantitative estimate of drug-likeness (QED) is 0.140. The van der Waals surface area contributed by atoms with Gasteiger partial charge >= 0.3 is 17.9 Å². The Morgan fingerprint density at radius 1 is 0.764 bits per heavy atom. The van der Waals surface area contributed by atoms with E-state index in [2.05, 4.69) is 0 Å². The van der Waals surface area contributed by atoms with Crippen LogP contribution in [0.15, 0.2) is 78.6 Å². The van der Waals surface area contributed by atoms with Crippen molar-refractivity contribution < 1.29 is 42.5 Å². The molecule has 0 unspecified atom stereocenters. The van der Waals surface area contributed by atoms with Gasteiger partial charge in [-0.3, -0.25) is 4.79 Å². The van der Waals surface area contributed by atoms with Crippen LogP contribution in [0.2, 0.25) is 10.0 Å². The lowest BCUT2D eigenvalue weighted by Gasteiger charge is -2.26. The predicted molar refractivity (Wildman–Crippen MR) is 208 cm³/mol. The lowest BCUT2D eigenvalue weighted by atomic mass is 9.90. The fraction of sp³-hybridized carbons (Fsp3) is 0.341. The standard InChI is InChI=1S/C23H24ClFO4.C21H18ClFO3/c1-3-28-22(27)23(12-4-5-13-23)29-21(26)14-19-15(2)18(10-11-20(19)24)16-6-8-17(25)9-7-16;1-12-15(13-4-6-14(23)7-5-13)8-9-16(22)17(12)18-19(24)21(26-20(18)25)10-2-3-11-21/h6-11H,3-5,12-14H2,1-2H3;4-9,24H,2-3,10-11H2,1H3. The van der Waals surface area contributed by atoms with Crippen LogP contribution in [0.1, 0.15) is 80.5 Å². The largest absolute Gasteiger partial charge is 0.507 e. The number of ether oxygens (including phenoxy) is 3. The predicted octanol–water partition coefficient (Wildman–Crippen LogP) is 11.0. The van der Waals surface area contributed by atoms with Gasteiger partial charge < -0.3 is 19.3 Å². The summed E-state index contributed by atoms with van der Waals surface area (Å²) in [5.41, 5.74) is 4.07. The second-order valence-electron chi connectivity index (χ2n) is 14.2. The molecule has 1 heterocycles. The Morgan fingerprint density at radius 3 is 1.82 bits per heavy atom. The van der Waals surface area contributed by atoms with Crippen molar-refractivity contribution in [2.75, 3.05) is 6.61 Å². The van der Waals surface area contributed by atoms with E-state index < -0.39 is 29.1 Å². The summed E-state index contributed by atoms with van der Waals surface area (Å²) in [6.07, 6.45) is 5.59. The highest BCUT2D eigenvalue weighted by Crippen LogP contribution is 2.49. The first-order valence-corrected chi connectivity index (χ1v) is 19.2. The van der Waals surface area contributed by atoms with Crippen LogP contribution in [0.3, 0.4) is 0 Å². The first-order valence-electron chi connectivity index (χ1n) is 18.4. The van der Waals surface area contributed by atoms with Crippen LogP contribution in [-0.2, 0) is 35.0 Å². The second-order valence-corrected chi connectivity index (χ2v) is 15.0. The number of rotatable bonds is 8. The Balaban J connectivity index is 0.000000188. The third-order valence-electron chi connectivity index (χ3n) is 10.8. The van der Waals surface area contributed by atoms with E-state index in [0.29, 0.717) is 46.9 Å². The van der Waals surface area contributed by atoms with Crippen LogP contribution < -0.4 is 0 Å². The second kappa shape index (κ2) is 16.6. The van der Waals surface area contributed by atoms with E-state index in [1.165, 1.54) is 24.3 Å². The molecule has 1 N–H and O–H groups in total. The maximum absolute atomic E-state index is 13.2. The summed E-state index contributed by atoms with van der Waals surface area (Å²) in [6, 6.07) is 19.3. The van der Waals surface area contributed by atoms with E-state index in [1.54, 1.807) is 43.3 Å². The van der Waals surface area contributed by atoms with E-state index in [-0.39, 0.29) is 36.0 Å². The van der Waals surface area contributed by atoms with Crippen molar-refractivity contribution in [2.45, 2.75) is 89.8 Å². The normalized spacial score (nSPS) is 16.8. The minimum atomic E-state index is -1.19. The molecular weight excluding hydrogens is 749 g/mol. The van der Waals surface area contributed by atoms with Gasteiger partial charge in [-0.2, -0.15) is 0 Å². The molecule has 0 radical (unpaired) electrons. The molecule has 4 aromatic rings. The Hall–Kier alpha value is -4.73. The summed E-state index contributed by atoms with van der Waals surface area (Å²) in [5, 5.41) is 11.7. The van der Waals surface area contributed by atoms with Crippen molar-refractivity contribution in [3.8, 4) is 22.3 Å². The smallest absolute Gasteiger partial charge is 0.350 e. The molecule has 2 fully saturated rings. The van der Waals surface area contributed by atoms with Crippen molar-refractivity contribution in [2.24, 2.45) is 0 Å². The molecule has 2 saturated carbocycles. The zero-order chi connectivity index (χ0) is 39.5. The lowest BCUT2D eigenvalue weighted by molar-refractivity contribution is -0.181. The third kappa shape index (κ3) is 8.14. The molecule has 1 aliphatic heterocycles. The summed E-state index contributed by atoms with van der Waals surface area (Å²) in [7, 11) is 0. The molecule has 0 saturated heterocycles. The van der Waals surface area contributed by atoms with Crippen molar-refractivity contribution >= 4 is 46.7 Å². The highest BCUT2D eigenvalue weighted by molar-refractivity contribution is 6.35. The Morgan fingerprint density at radius 2 is 1.27 bits per heavy atom. The number of carbonyl (C=O) groups is 3. The van der Waals surface area contributed by atoms with Crippen LogP contribution in [0.4, 0.5) is 8.78 Å². The summed E-state index contributed by atoms with van der Waals surface area (Å²) < 4.78 is 42.9. The minimum Gasteiger partial charge on any atom is -0.507 e. The zero-order valence-electron chi connectivity index (χ0n) is 30.9. The fourth-order valence-electron chi connectivity index (χ4n) is 7.87. The third-order valence-corrected chi connectivity index (χ3v) is 11.4. The van der Waals surface area contributed by atoms with E-state index in [4.69, 9.17) is 37.4 Å². The summed E-state index contributed by atoms with van der Waals surface area (Å²) in [4.78, 5) is 37.7. The van der Waals surface area contributed by atoms with Gasteiger partial charge in [0, 0.05) is 15.6 Å². The maximum atomic E-state index is 13.2. The van der Waals surface area contributed by atoms with Gasteiger partial charge in [0.1, 0.15) is 17.2 Å². The molecule has 0 amide bonds. The van der Waals surface area contributed by atoms with Gasteiger partial charge in [-0.1, -0.05) is 59.6 Å². The molecule has 1 spiro atoms. The molecule has 55 heavy (non-hydrogen) atoms. The average Bonchev–Trinajstić information content (AvgIpc) is 3.89. The molecule has 0 aromatic heterocycles. The van der Waals surface area contributed by atoms with Gasteiger partial charge in [0.15, 0.2) is 11.4 Å². The van der Waals surface area contributed by atoms with Gasteiger partial charge in [0.25, 0.3) is 0 Å².